The summed E-state index contributed by atoms with van der Waals surface area (Å²) in [6.45, 7) is 0.655. The van der Waals surface area contributed by atoms with Crippen LogP contribution in [0.25, 0.3) is 10.9 Å². The molecule has 0 aliphatic heterocycles. The monoisotopic (exact) mass is 268 g/mol. The van der Waals surface area contributed by atoms with Crippen LogP contribution in [0.2, 0.25) is 0 Å². The van der Waals surface area contributed by atoms with E-state index >= 15 is 0 Å². The molecule has 3 nitrogen and oxygen atoms in total. The predicted octanol–water partition coefficient (Wildman–Crippen LogP) is 2.44. The van der Waals surface area contributed by atoms with Crippen molar-refractivity contribution in [2.75, 3.05) is 13.7 Å². The number of aromatic amines is 1. The second kappa shape index (κ2) is 4.24. The maximum absolute atomic E-state index is 5.56. The molecule has 4 heteroatoms. The zero-order valence-electron chi connectivity index (χ0n) is 8.51. The lowest BCUT2D eigenvalue weighted by Crippen LogP contribution is -2.01. The third kappa shape index (κ3) is 1.87. The number of H-pyrrole nitrogens is 1. The van der Waals surface area contributed by atoms with Crippen LogP contribution < -0.4 is 10.5 Å². The first kappa shape index (κ1) is 10.5. The van der Waals surface area contributed by atoms with Crippen molar-refractivity contribution < 1.29 is 4.74 Å². The Morgan fingerprint density at radius 1 is 1.47 bits per heavy atom. The SMILES string of the molecule is COc1cc(Br)cc2c(CCN)c[nH]c12. The van der Waals surface area contributed by atoms with Gasteiger partial charge in [0.1, 0.15) is 5.75 Å². The molecule has 0 radical (unpaired) electrons. The van der Waals surface area contributed by atoms with Crippen molar-refractivity contribution in [2.24, 2.45) is 5.73 Å². The molecule has 0 spiro atoms. The summed E-state index contributed by atoms with van der Waals surface area (Å²) in [5.41, 5.74) is 7.82. The van der Waals surface area contributed by atoms with Crippen molar-refractivity contribution in [3.05, 3.63) is 28.4 Å². The molecular formula is C11H13BrN2O. The number of nitrogens with two attached hydrogens (primary N) is 1. The fourth-order valence-corrected chi connectivity index (χ4v) is 2.18. The topological polar surface area (TPSA) is 51.0 Å². The summed E-state index contributed by atoms with van der Waals surface area (Å²) < 4.78 is 6.33. The van der Waals surface area contributed by atoms with E-state index in [0.29, 0.717) is 6.54 Å². The molecule has 0 aliphatic rings. The molecule has 1 heterocycles. The summed E-state index contributed by atoms with van der Waals surface area (Å²) in [7, 11) is 1.67. The van der Waals surface area contributed by atoms with Gasteiger partial charge in [-0.05, 0) is 30.7 Å². The van der Waals surface area contributed by atoms with Gasteiger partial charge in [0, 0.05) is 16.1 Å². The minimum absolute atomic E-state index is 0.655. The van der Waals surface area contributed by atoms with Gasteiger partial charge in [-0.15, -0.1) is 0 Å². The van der Waals surface area contributed by atoms with Gasteiger partial charge in [-0.2, -0.15) is 0 Å². The first-order valence-electron chi connectivity index (χ1n) is 4.80. The largest absolute Gasteiger partial charge is 0.495 e. The maximum Gasteiger partial charge on any atom is 0.144 e. The third-order valence-electron chi connectivity index (χ3n) is 2.44. The van der Waals surface area contributed by atoms with Crippen LogP contribution in [0.5, 0.6) is 5.75 Å². The molecule has 0 atom stereocenters. The molecule has 3 N–H and O–H groups in total. The summed E-state index contributed by atoms with van der Waals surface area (Å²) >= 11 is 3.47. The Morgan fingerprint density at radius 2 is 2.27 bits per heavy atom. The lowest BCUT2D eigenvalue weighted by Gasteiger charge is -2.03. The summed E-state index contributed by atoms with van der Waals surface area (Å²) in [6.07, 6.45) is 2.87. The fraction of sp³-hybridized carbons (Fsp3) is 0.273. The molecule has 0 amide bonds. The summed E-state index contributed by atoms with van der Waals surface area (Å²) in [5.74, 6) is 0.850. The molecular weight excluding hydrogens is 256 g/mol. The van der Waals surface area contributed by atoms with Crippen molar-refractivity contribution in [3.63, 3.8) is 0 Å². The molecule has 0 aliphatic carbocycles. The van der Waals surface area contributed by atoms with Gasteiger partial charge in [-0.1, -0.05) is 15.9 Å². The molecule has 0 saturated carbocycles. The molecule has 0 unspecified atom stereocenters. The van der Waals surface area contributed by atoms with Crippen LogP contribution in [-0.4, -0.2) is 18.6 Å². The number of nitrogens with one attached hydrogen (secondary N) is 1. The van der Waals surface area contributed by atoms with Crippen molar-refractivity contribution in [1.29, 1.82) is 0 Å². The van der Waals surface area contributed by atoms with Gasteiger partial charge >= 0.3 is 0 Å². The third-order valence-corrected chi connectivity index (χ3v) is 2.90. The summed E-state index contributed by atoms with van der Waals surface area (Å²) in [4.78, 5) is 3.22. The lowest BCUT2D eigenvalue weighted by molar-refractivity contribution is 0.419. The van der Waals surface area contributed by atoms with Gasteiger partial charge in [-0.3, -0.25) is 0 Å². The number of hydrogen-bond acceptors (Lipinski definition) is 2. The highest BCUT2D eigenvalue weighted by molar-refractivity contribution is 9.10. The number of rotatable bonds is 3. The number of ether oxygens (including phenoxy) is 1. The van der Waals surface area contributed by atoms with Crippen molar-refractivity contribution in [3.8, 4) is 5.75 Å². The molecule has 0 bridgehead atoms. The molecule has 2 aromatic rings. The van der Waals surface area contributed by atoms with E-state index in [1.807, 2.05) is 12.3 Å². The molecule has 15 heavy (non-hydrogen) atoms. The van der Waals surface area contributed by atoms with Crippen molar-refractivity contribution >= 4 is 26.8 Å². The molecule has 1 aromatic heterocycles. The van der Waals surface area contributed by atoms with Crippen LogP contribution in [0.15, 0.2) is 22.8 Å². The molecule has 0 fully saturated rings. The van der Waals surface area contributed by atoms with Gasteiger partial charge in [0.25, 0.3) is 0 Å². The highest BCUT2D eigenvalue weighted by Crippen LogP contribution is 2.31. The van der Waals surface area contributed by atoms with E-state index in [1.54, 1.807) is 7.11 Å². The number of benzene rings is 1. The summed E-state index contributed by atoms with van der Waals surface area (Å²) in [5, 5.41) is 1.17. The first-order chi connectivity index (χ1) is 7.26. The predicted molar refractivity (Wildman–Crippen MR) is 65.3 cm³/mol. The van der Waals surface area contributed by atoms with E-state index in [0.717, 1.165) is 22.2 Å². The fourth-order valence-electron chi connectivity index (χ4n) is 1.74. The van der Waals surface area contributed by atoms with Crippen molar-refractivity contribution in [2.45, 2.75) is 6.42 Å². The minimum atomic E-state index is 0.655. The van der Waals surface area contributed by atoms with Gasteiger partial charge in [0.2, 0.25) is 0 Å². The quantitative estimate of drug-likeness (QED) is 0.899. The van der Waals surface area contributed by atoms with Crippen LogP contribution in [0.1, 0.15) is 5.56 Å². The number of methoxy groups -OCH3 is 1. The van der Waals surface area contributed by atoms with Crippen LogP contribution in [0.3, 0.4) is 0 Å². The first-order valence-corrected chi connectivity index (χ1v) is 5.59. The smallest absolute Gasteiger partial charge is 0.144 e. The Labute approximate surface area is 96.7 Å². The van der Waals surface area contributed by atoms with E-state index in [9.17, 15) is 0 Å². The standard InChI is InChI=1S/C11H13BrN2O/c1-15-10-5-8(12)4-9-7(2-3-13)6-14-11(9)10/h4-6,14H,2-3,13H2,1H3. The van der Waals surface area contributed by atoms with Gasteiger partial charge in [0.15, 0.2) is 0 Å². The van der Waals surface area contributed by atoms with Gasteiger partial charge in [0.05, 0.1) is 12.6 Å². The summed E-state index contributed by atoms with van der Waals surface area (Å²) in [6, 6.07) is 4.03. The van der Waals surface area contributed by atoms with E-state index in [4.69, 9.17) is 10.5 Å². The number of aromatic nitrogens is 1. The molecule has 2 rings (SSSR count). The van der Waals surface area contributed by atoms with E-state index in [2.05, 4.69) is 27.0 Å². The second-order valence-corrected chi connectivity index (χ2v) is 4.30. The Bertz CT molecular complexity index is 479. The Balaban J connectivity index is 2.64. The number of halogens is 1. The lowest BCUT2D eigenvalue weighted by atomic mass is 10.1. The number of fused-ring (bicyclic) bond motifs is 1. The highest BCUT2D eigenvalue weighted by Gasteiger charge is 2.08. The van der Waals surface area contributed by atoms with E-state index < -0.39 is 0 Å². The van der Waals surface area contributed by atoms with Crippen LogP contribution in [0, 0.1) is 0 Å². The molecule has 0 saturated heterocycles. The van der Waals surface area contributed by atoms with Gasteiger partial charge < -0.3 is 15.5 Å². The number of hydrogen-bond donors (Lipinski definition) is 2. The maximum atomic E-state index is 5.56. The zero-order chi connectivity index (χ0) is 10.8. The van der Waals surface area contributed by atoms with Crippen molar-refractivity contribution in [1.82, 2.24) is 4.98 Å². The van der Waals surface area contributed by atoms with E-state index in [1.165, 1.54) is 10.9 Å². The second-order valence-electron chi connectivity index (χ2n) is 3.38. The van der Waals surface area contributed by atoms with Crippen LogP contribution in [-0.2, 0) is 6.42 Å². The van der Waals surface area contributed by atoms with E-state index in [-0.39, 0.29) is 0 Å². The average molecular weight is 269 g/mol. The average Bonchev–Trinajstić information content (AvgIpc) is 2.61. The Morgan fingerprint density at radius 3 is 2.93 bits per heavy atom. The minimum Gasteiger partial charge on any atom is -0.495 e. The Kier molecular flexibility index (Phi) is 2.98. The Hall–Kier alpha value is -1.00. The van der Waals surface area contributed by atoms with Crippen LogP contribution in [0.4, 0.5) is 0 Å². The van der Waals surface area contributed by atoms with Crippen LogP contribution >= 0.6 is 15.9 Å². The molecule has 1 aromatic carbocycles. The normalized spacial score (nSPS) is 10.9. The van der Waals surface area contributed by atoms with Gasteiger partial charge in [-0.25, -0.2) is 0 Å². The highest BCUT2D eigenvalue weighted by atomic mass is 79.9. The molecule has 80 valence electrons. The zero-order valence-corrected chi connectivity index (χ0v) is 10.1.